The van der Waals surface area contributed by atoms with Crippen LogP contribution in [-0.4, -0.2) is 25.4 Å². The van der Waals surface area contributed by atoms with Crippen molar-refractivity contribution in [1.82, 2.24) is 0 Å². The number of anilines is 2. The van der Waals surface area contributed by atoms with Gasteiger partial charge in [-0.15, -0.1) is 0 Å². The van der Waals surface area contributed by atoms with E-state index < -0.39 is 12.2 Å². The van der Waals surface area contributed by atoms with E-state index in [2.05, 4.69) is 67.8 Å². The molecule has 3 aromatic carbocycles. The summed E-state index contributed by atoms with van der Waals surface area (Å²) in [5.41, 5.74) is 8.42. The number of amides is 2. The van der Waals surface area contributed by atoms with Gasteiger partial charge in [-0.25, -0.2) is 9.59 Å². The van der Waals surface area contributed by atoms with Gasteiger partial charge in [0.2, 0.25) is 0 Å². The van der Waals surface area contributed by atoms with Gasteiger partial charge in [0.05, 0.1) is 0 Å². The molecule has 0 unspecified atom stereocenters. The molecule has 0 fully saturated rings. The number of aryl methyl sites for hydroxylation is 1. The maximum atomic E-state index is 13.0. The van der Waals surface area contributed by atoms with E-state index in [9.17, 15) is 9.59 Å². The Bertz CT molecular complexity index is 1570. The lowest BCUT2D eigenvalue weighted by Gasteiger charge is -2.33. The predicted molar refractivity (Wildman–Crippen MR) is 214 cm³/mol. The molecule has 0 aliphatic heterocycles. The third kappa shape index (κ3) is 11.9. The summed E-state index contributed by atoms with van der Waals surface area (Å²) < 4.78 is 10.9. The van der Waals surface area contributed by atoms with E-state index in [1.165, 1.54) is 92.0 Å². The minimum atomic E-state index is -0.473. The predicted octanol–water partition coefficient (Wildman–Crippen LogP) is 13.1. The molecule has 51 heavy (non-hydrogen) atoms. The number of fused-ring (bicyclic) bond motifs is 3. The fourth-order valence-corrected chi connectivity index (χ4v) is 7.24. The number of benzene rings is 3. The van der Waals surface area contributed by atoms with Crippen LogP contribution in [-0.2, 0) is 14.9 Å². The molecule has 0 saturated heterocycles. The van der Waals surface area contributed by atoms with Crippen LogP contribution in [0.1, 0.15) is 133 Å². The molecule has 0 saturated carbocycles. The Labute approximate surface area is 307 Å². The molecule has 1 aliphatic carbocycles. The minimum Gasteiger partial charge on any atom is -0.445 e. The summed E-state index contributed by atoms with van der Waals surface area (Å²) in [6.07, 6.45) is 23.3. The second-order valence-electron chi connectivity index (χ2n) is 14.0. The first kappa shape index (κ1) is 39.5. The molecule has 0 radical (unpaired) electrons. The van der Waals surface area contributed by atoms with Crippen LogP contribution >= 0.6 is 0 Å². The van der Waals surface area contributed by atoms with Gasteiger partial charge in [0.25, 0.3) is 0 Å². The van der Waals surface area contributed by atoms with Gasteiger partial charge in [-0.1, -0.05) is 151 Å². The van der Waals surface area contributed by atoms with Crippen molar-refractivity contribution < 1.29 is 19.1 Å². The molecule has 3 aromatic rings. The number of carbonyl (C=O) groups is 2. The number of rotatable bonds is 21. The van der Waals surface area contributed by atoms with Gasteiger partial charge < -0.3 is 9.47 Å². The first-order valence-electron chi connectivity index (χ1n) is 19.4. The Morgan fingerprint density at radius 2 is 1.10 bits per heavy atom. The summed E-state index contributed by atoms with van der Waals surface area (Å²) in [6.45, 7) is 8.90. The van der Waals surface area contributed by atoms with Crippen LogP contribution in [0.4, 0.5) is 21.0 Å². The van der Waals surface area contributed by atoms with E-state index in [-0.39, 0.29) is 18.6 Å². The Morgan fingerprint density at radius 1 is 0.627 bits per heavy atom. The number of nitrogens with one attached hydrogen (secondary N) is 2. The number of carbonyl (C=O) groups excluding carboxylic acids is 2. The highest BCUT2D eigenvalue weighted by molar-refractivity contribution is 5.90. The topological polar surface area (TPSA) is 76.7 Å². The number of hydrogen-bond acceptors (Lipinski definition) is 4. The zero-order valence-corrected chi connectivity index (χ0v) is 31.5. The quantitative estimate of drug-likeness (QED) is 0.0860. The molecule has 274 valence electrons. The number of ether oxygens (including phenoxy) is 2. The monoisotopic (exact) mass is 692 g/mol. The maximum Gasteiger partial charge on any atom is 0.411 e. The van der Waals surface area contributed by atoms with Crippen molar-refractivity contribution in [2.24, 2.45) is 0 Å². The normalized spacial score (nSPS) is 12.9. The van der Waals surface area contributed by atoms with E-state index >= 15 is 0 Å². The zero-order chi connectivity index (χ0) is 36.3. The van der Waals surface area contributed by atoms with E-state index in [1.807, 2.05) is 55.5 Å². The molecular formula is C45H60N2O4. The Morgan fingerprint density at radius 3 is 1.59 bits per heavy atom. The molecule has 1 aliphatic rings. The summed E-state index contributed by atoms with van der Waals surface area (Å²) in [6, 6.07) is 20.8. The lowest BCUT2D eigenvalue weighted by atomic mass is 9.70. The Balaban J connectivity index is 1.60. The van der Waals surface area contributed by atoms with E-state index in [4.69, 9.17) is 9.47 Å². The molecule has 4 rings (SSSR count). The molecule has 0 atom stereocenters. The molecule has 6 nitrogen and oxygen atoms in total. The SMILES string of the molecule is C/C=C/COC(=O)Nc1ccc2c(c1)C(CCCCCCCC)(CCCCCCCC)c1cc(NC(=O)OC/C=C/c3ccc(C)cc3)ccc1-2. The largest absolute Gasteiger partial charge is 0.445 e. The third-order valence-electron chi connectivity index (χ3n) is 10.0. The lowest BCUT2D eigenvalue weighted by Crippen LogP contribution is -2.26. The van der Waals surface area contributed by atoms with Crippen molar-refractivity contribution in [2.45, 2.75) is 123 Å². The van der Waals surface area contributed by atoms with Crippen molar-refractivity contribution in [3.05, 3.63) is 101 Å². The van der Waals surface area contributed by atoms with E-state index in [0.717, 1.165) is 42.6 Å². The minimum absolute atomic E-state index is 0.184. The summed E-state index contributed by atoms with van der Waals surface area (Å²) in [4.78, 5) is 25.6. The van der Waals surface area contributed by atoms with Crippen LogP contribution < -0.4 is 10.6 Å². The van der Waals surface area contributed by atoms with Gasteiger partial charge in [0, 0.05) is 16.8 Å². The molecule has 0 bridgehead atoms. The summed E-state index contributed by atoms with van der Waals surface area (Å²) >= 11 is 0. The van der Waals surface area contributed by atoms with Gasteiger partial charge in [0.1, 0.15) is 13.2 Å². The van der Waals surface area contributed by atoms with Gasteiger partial charge >= 0.3 is 12.2 Å². The van der Waals surface area contributed by atoms with Gasteiger partial charge in [-0.3, -0.25) is 10.6 Å². The first-order valence-corrected chi connectivity index (χ1v) is 19.4. The summed E-state index contributed by atoms with van der Waals surface area (Å²) in [5, 5.41) is 5.99. The molecule has 0 spiro atoms. The van der Waals surface area contributed by atoms with Crippen LogP contribution in [0.15, 0.2) is 78.9 Å². The lowest BCUT2D eigenvalue weighted by molar-refractivity contribution is 0.173. The fourth-order valence-electron chi connectivity index (χ4n) is 7.24. The molecule has 2 N–H and O–H groups in total. The van der Waals surface area contributed by atoms with Crippen molar-refractivity contribution in [3.63, 3.8) is 0 Å². The Hall–Kier alpha value is -4.32. The van der Waals surface area contributed by atoms with Crippen LogP contribution in [0.5, 0.6) is 0 Å². The van der Waals surface area contributed by atoms with Crippen molar-refractivity contribution in [2.75, 3.05) is 23.8 Å². The standard InChI is InChI=1S/C45H60N2O4/c1-5-8-11-13-15-17-29-45(30-18-16-14-12-9-6-2)41-33-37(46-43(48)50-31-10-7-3)25-27-39(41)40-28-26-38(34-42(40)45)47-44(49)51-32-19-20-36-23-21-35(4)22-24-36/h7,10,19-28,33-34H,5-6,8-9,11-18,29-32H2,1-4H3,(H,46,48)(H,47,49)/b10-7+,20-19+. The Kier molecular flexibility index (Phi) is 16.4. The number of hydrogen-bond donors (Lipinski definition) is 2. The van der Waals surface area contributed by atoms with Gasteiger partial charge in [-0.05, 0) is 84.8 Å². The van der Waals surface area contributed by atoms with Crippen LogP contribution in [0.25, 0.3) is 17.2 Å². The zero-order valence-electron chi connectivity index (χ0n) is 31.5. The molecule has 0 aromatic heterocycles. The highest BCUT2D eigenvalue weighted by Gasteiger charge is 2.42. The first-order chi connectivity index (χ1) is 24.9. The fraction of sp³-hybridized carbons (Fsp3) is 0.467. The molecule has 2 amide bonds. The average Bonchev–Trinajstić information content (AvgIpc) is 3.38. The van der Waals surface area contributed by atoms with Gasteiger partial charge in [0.15, 0.2) is 0 Å². The molecule has 6 heteroatoms. The van der Waals surface area contributed by atoms with Crippen molar-refractivity contribution in [1.29, 1.82) is 0 Å². The number of allylic oxidation sites excluding steroid dienone is 1. The summed E-state index contributed by atoms with van der Waals surface area (Å²) in [7, 11) is 0. The van der Waals surface area contributed by atoms with E-state index in [1.54, 1.807) is 0 Å². The molecule has 0 heterocycles. The maximum absolute atomic E-state index is 13.0. The van der Waals surface area contributed by atoms with E-state index in [0.29, 0.717) is 0 Å². The van der Waals surface area contributed by atoms with Crippen LogP contribution in [0, 0.1) is 6.92 Å². The highest BCUT2D eigenvalue weighted by atomic mass is 16.6. The van der Waals surface area contributed by atoms with Crippen LogP contribution in [0.3, 0.4) is 0 Å². The van der Waals surface area contributed by atoms with Gasteiger partial charge in [-0.2, -0.15) is 0 Å². The number of unbranched alkanes of at least 4 members (excludes halogenated alkanes) is 10. The molecular weight excluding hydrogens is 633 g/mol. The highest BCUT2D eigenvalue weighted by Crippen LogP contribution is 2.55. The second-order valence-corrected chi connectivity index (χ2v) is 14.0. The second kappa shape index (κ2) is 21.1. The smallest absolute Gasteiger partial charge is 0.411 e. The van der Waals surface area contributed by atoms with Crippen molar-refractivity contribution >= 4 is 29.6 Å². The van der Waals surface area contributed by atoms with Crippen molar-refractivity contribution in [3.8, 4) is 11.1 Å². The third-order valence-corrected chi connectivity index (χ3v) is 10.0. The summed E-state index contributed by atoms with van der Waals surface area (Å²) in [5.74, 6) is 0. The average molecular weight is 693 g/mol. The van der Waals surface area contributed by atoms with Crippen LogP contribution in [0.2, 0.25) is 0 Å².